The maximum absolute atomic E-state index is 11.0. The van der Waals surface area contributed by atoms with Crippen LogP contribution in [0.3, 0.4) is 0 Å². The van der Waals surface area contributed by atoms with Gasteiger partial charge in [-0.15, -0.1) is 0 Å². The fraction of sp³-hybridized carbons (Fsp3) is 0.533. The maximum Gasteiger partial charge on any atom is 0.208 e. The van der Waals surface area contributed by atoms with Crippen LogP contribution in [0.5, 0.6) is 5.75 Å². The van der Waals surface area contributed by atoms with Crippen LogP contribution in [-0.4, -0.2) is 65.9 Å². The highest BCUT2D eigenvalue weighted by molar-refractivity contribution is 7.88. The Hall–Kier alpha value is -1.51. The Morgan fingerprint density at radius 2 is 1.96 bits per heavy atom. The lowest BCUT2D eigenvalue weighted by Crippen LogP contribution is -2.41. The van der Waals surface area contributed by atoms with Gasteiger partial charge >= 0.3 is 0 Å². The molecule has 0 spiro atoms. The molecule has 0 saturated heterocycles. The molecule has 0 saturated carbocycles. The number of hydrogen-bond donors (Lipinski definition) is 2. The van der Waals surface area contributed by atoms with Crippen molar-refractivity contribution in [2.45, 2.75) is 6.42 Å². The van der Waals surface area contributed by atoms with Gasteiger partial charge in [0.15, 0.2) is 5.96 Å². The number of nitrogens with one attached hydrogen (secondary N) is 2. The molecule has 1 aromatic rings. The molecule has 24 heavy (non-hydrogen) atoms. The summed E-state index contributed by atoms with van der Waals surface area (Å²) in [6.07, 6.45) is 1.81. The summed E-state index contributed by atoms with van der Waals surface area (Å²) in [4.78, 5) is 6.14. The van der Waals surface area contributed by atoms with E-state index in [2.05, 4.69) is 15.0 Å². The Bertz CT molecular complexity index is 620. The van der Waals surface area contributed by atoms with Crippen molar-refractivity contribution in [1.82, 2.24) is 14.9 Å². The van der Waals surface area contributed by atoms with Crippen LogP contribution in [0, 0.1) is 0 Å². The van der Waals surface area contributed by atoms with Gasteiger partial charge in [0, 0.05) is 32.2 Å². The lowest BCUT2D eigenvalue weighted by Gasteiger charge is -2.22. The highest BCUT2D eigenvalue weighted by Crippen LogP contribution is 2.15. The minimum Gasteiger partial charge on any atom is -0.492 e. The molecule has 0 amide bonds. The van der Waals surface area contributed by atoms with E-state index in [0.29, 0.717) is 37.7 Å². The van der Waals surface area contributed by atoms with Crippen LogP contribution in [0.25, 0.3) is 0 Å². The monoisotopic (exact) mass is 376 g/mol. The molecule has 9 heteroatoms. The fourth-order valence-electron chi connectivity index (χ4n) is 1.87. The molecule has 136 valence electrons. The minimum absolute atomic E-state index is 0.395. The normalized spacial score (nSPS) is 12.1. The zero-order valence-electron chi connectivity index (χ0n) is 14.3. The second kappa shape index (κ2) is 10.4. The molecule has 0 aliphatic carbocycles. The lowest BCUT2D eigenvalue weighted by atomic mass is 10.3. The standard InChI is InChI=1S/C15H25ClN4O3S/c1-17-15(18-9-4-10-19-24(3,21)22)20(2)11-12-23-14-7-5-13(16)6-8-14/h5-8,19H,4,9-12H2,1-3H3,(H,17,18). The Morgan fingerprint density at radius 3 is 2.54 bits per heavy atom. The molecule has 0 fully saturated rings. The molecule has 2 N–H and O–H groups in total. The first-order valence-corrected chi connectivity index (χ1v) is 9.83. The molecule has 0 aliphatic rings. The number of likely N-dealkylation sites (N-methyl/N-ethyl adjacent to an activating group) is 1. The van der Waals surface area contributed by atoms with Crippen LogP contribution >= 0.6 is 11.6 Å². The van der Waals surface area contributed by atoms with Crippen molar-refractivity contribution >= 4 is 27.6 Å². The van der Waals surface area contributed by atoms with Gasteiger partial charge in [-0.25, -0.2) is 13.1 Å². The SMILES string of the molecule is CN=C(NCCCNS(C)(=O)=O)N(C)CCOc1ccc(Cl)cc1. The second-order valence-electron chi connectivity index (χ2n) is 5.22. The number of sulfonamides is 1. The van der Waals surface area contributed by atoms with Crippen molar-refractivity contribution in [3.05, 3.63) is 29.3 Å². The molecule has 0 unspecified atom stereocenters. The highest BCUT2D eigenvalue weighted by Gasteiger charge is 2.06. The quantitative estimate of drug-likeness (QED) is 0.384. The van der Waals surface area contributed by atoms with Gasteiger partial charge in [0.1, 0.15) is 12.4 Å². The van der Waals surface area contributed by atoms with E-state index in [0.717, 1.165) is 18.0 Å². The molecule has 0 aliphatic heterocycles. The molecule has 0 atom stereocenters. The number of rotatable bonds is 9. The summed E-state index contributed by atoms with van der Waals surface area (Å²) in [6, 6.07) is 7.21. The van der Waals surface area contributed by atoms with Crippen LogP contribution in [0.1, 0.15) is 6.42 Å². The minimum atomic E-state index is -3.13. The van der Waals surface area contributed by atoms with Gasteiger partial charge in [0.2, 0.25) is 10.0 Å². The van der Waals surface area contributed by atoms with Gasteiger partial charge in [0.05, 0.1) is 12.8 Å². The average molecular weight is 377 g/mol. The predicted octanol–water partition coefficient (Wildman–Crippen LogP) is 1.17. The smallest absolute Gasteiger partial charge is 0.208 e. The summed E-state index contributed by atoms with van der Waals surface area (Å²) in [7, 11) is 0.483. The van der Waals surface area contributed by atoms with Crippen molar-refractivity contribution in [2.75, 3.05) is 46.6 Å². The van der Waals surface area contributed by atoms with E-state index in [9.17, 15) is 8.42 Å². The zero-order chi connectivity index (χ0) is 18.0. The van der Waals surface area contributed by atoms with Crippen molar-refractivity contribution in [2.24, 2.45) is 4.99 Å². The number of aliphatic imine (C=N–C) groups is 1. The first-order chi connectivity index (χ1) is 11.3. The Morgan fingerprint density at radius 1 is 1.29 bits per heavy atom. The van der Waals surface area contributed by atoms with E-state index in [1.807, 2.05) is 24.1 Å². The van der Waals surface area contributed by atoms with E-state index in [1.165, 1.54) is 0 Å². The summed E-state index contributed by atoms with van der Waals surface area (Å²) in [5.74, 6) is 1.50. The highest BCUT2D eigenvalue weighted by atomic mass is 35.5. The first-order valence-electron chi connectivity index (χ1n) is 7.56. The topological polar surface area (TPSA) is 83.0 Å². The van der Waals surface area contributed by atoms with E-state index in [-0.39, 0.29) is 0 Å². The molecule has 0 bridgehead atoms. The predicted molar refractivity (Wildman–Crippen MR) is 98.4 cm³/mol. The van der Waals surface area contributed by atoms with Crippen molar-refractivity contribution in [3.8, 4) is 5.75 Å². The average Bonchev–Trinajstić information content (AvgIpc) is 2.51. The third-order valence-electron chi connectivity index (χ3n) is 3.08. The molecular formula is C15H25ClN4O3S. The Balaban J connectivity index is 2.25. The van der Waals surface area contributed by atoms with Crippen molar-refractivity contribution in [1.29, 1.82) is 0 Å². The van der Waals surface area contributed by atoms with Crippen molar-refractivity contribution in [3.63, 3.8) is 0 Å². The third-order valence-corrected chi connectivity index (χ3v) is 4.06. The number of hydrogen-bond acceptors (Lipinski definition) is 4. The maximum atomic E-state index is 11.0. The summed E-state index contributed by atoms with van der Waals surface area (Å²) in [5, 5.41) is 3.86. The Labute approximate surface area is 149 Å². The van der Waals surface area contributed by atoms with E-state index in [4.69, 9.17) is 16.3 Å². The summed E-state index contributed by atoms with van der Waals surface area (Å²) < 4.78 is 30.0. The van der Waals surface area contributed by atoms with Crippen LogP contribution in [0.15, 0.2) is 29.3 Å². The molecule has 1 aromatic carbocycles. The van der Waals surface area contributed by atoms with Crippen LogP contribution in [0.4, 0.5) is 0 Å². The summed E-state index contributed by atoms with van der Waals surface area (Å²) >= 11 is 5.83. The van der Waals surface area contributed by atoms with Gasteiger partial charge in [-0.3, -0.25) is 4.99 Å². The molecule has 0 heterocycles. The van der Waals surface area contributed by atoms with Gasteiger partial charge in [0.25, 0.3) is 0 Å². The van der Waals surface area contributed by atoms with Crippen LogP contribution < -0.4 is 14.8 Å². The van der Waals surface area contributed by atoms with E-state index in [1.54, 1.807) is 19.2 Å². The van der Waals surface area contributed by atoms with E-state index >= 15 is 0 Å². The number of ether oxygens (including phenoxy) is 1. The van der Waals surface area contributed by atoms with E-state index < -0.39 is 10.0 Å². The fourth-order valence-corrected chi connectivity index (χ4v) is 2.51. The number of nitrogens with zero attached hydrogens (tertiary/aromatic N) is 2. The van der Waals surface area contributed by atoms with Gasteiger partial charge in [-0.2, -0.15) is 0 Å². The largest absolute Gasteiger partial charge is 0.492 e. The zero-order valence-corrected chi connectivity index (χ0v) is 15.8. The third kappa shape index (κ3) is 8.95. The van der Waals surface area contributed by atoms with Crippen LogP contribution in [0.2, 0.25) is 5.02 Å². The van der Waals surface area contributed by atoms with Gasteiger partial charge < -0.3 is 15.0 Å². The van der Waals surface area contributed by atoms with Crippen LogP contribution in [-0.2, 0) is 10.0 Å². The molecule has 0 aromatic heterocycles. The van der Waals surface area contributed by atoms with Gasteiger partial charge in [-0.1, -0.05) is 11.6 Å². The molecule has 0 radical (unpaired) electrons. The molecular weight excluding hydrogens is 352 g/mol. The number of benzene rings is 1. The number of halogens is 1. The Kier molecular flexibility index (Phi) is 8.88. The van der Waals surface area contributed by atoms with Gasteiger partial charge in [-0.05, 0) is 30.7 Å². The second-order valence-corrected chi connectivity index (χ2v) is 7.49. The molecule has 1 rings (SSSR count). The lowest BCUT2D eigenvalue weighted by molar-refractivity contribution is 0.281. The summed E-state index contributed by atoms with van der Waals surface area (Å²) in [5.41, 5.74) is 0. The first kappa shape index (κ1) is 20.5. The number of guanidine groups is 1. The summed E-state index contributed by atoms with van der Waals surface area (Å²) in [6.45, 7) is 2.18. The molecule has 7 nitrogen and oxygen atoms in total. The van der Waals surface area contributed by atoms with Crippen molar-refractivity contribution < 1.29 is 13.2 Å².